The number of carbonyl (C=O) groups excluding carboxylic acids is 1. The lowest BCUT2D eigenvalue weighted by atomic mass is 10.0. The lowest BCUT2D eigenvalue weighted by Gasteiger charge is -2.19. The maximum absolute atomic E-state index is 13.0. The van der Waals surface area contributed by atoms with Crippen molar-refractivity contribution in [2.24, 2.45) is 5.92 Å². The van der Waals surface area contributed by atoms with E-state index >= 15 is 0 Å². The Bertz CT molecular complexity index is 406. The number of nitrogens with zero attached hydrogens (tertiary/aromatic N) is 1. The van der Waals surface area contributed by atoms with Crippen LogP contribution in [0, 0.1) is 11.7 Å². The summed E-state index contributed by atoms with van der Waals surface area (Å²) in [7, 11) is 0. The number of carbonyl (C=O) groups is 1. The number of hydrogen-bond donors (Lipinski definition) is 1. The van der Waals surface area contributed by atoms with E-state index in [4.69, 9.17) is 0 Å². The van der Waals surface area contributed by atoms with Crippen LogP contribution in [-0.4, -0.2) is 11.9 Å². The summed E-state index contributed by atoms with van der Waals surface area (Å²) in [6.07, 6.45) is 0.466. The number of benzene rings is 1. The molecule has 0 aromatic heterocycles. The predicted octanol–water partition coefficient (Wildman–Crippen LogP) is 2.09. The fraction of sp³-hybridized carbons (Fsp3) is 0.417. The fourth-order valence-corrected chi connectivity index (χ4v) is 1.78. The van der Waals surface area contributed by atoms with E-state index in [-0.39, 0.29) is 17.8 Å². The quantitative estimate of drug-likeness (QED) is 0.831. The van der Waals surface area contributed by atoms with Gasteiger partial charge in [-0.05, 0) is 24.1 Å². The normalized spacial score (nSPS) is 20.9. The number of rotatable bonds is 2. The first-order valence-corrected chi connectivity index (χ1v) is 5.42. The largest absolute Gasteiger partial charge is 0.273 e. The van der Waals surface area contributed by atoms with Crippen molar-refractivity contribution in [3.8, 4) is 0 Å². The Balaban J connectivity index is 2.20. The van der Waals surface area contributed by atoms with Crippen molar-refractivity contribution in [1.82, 2.24) is 5.43 Å². The minimum atomic E-state index is -0.333. The van der Waals surface area contributed by atoms with Crippen LogP contribution in [0.15, 0.2) is 24.3 Å². The lowest BCUT2D eigenvalue weighted by molar-refractivity contribution is -0.117. The van der Waals surface area contributed by atoms with E-state index in [2.05, 4.69) is 19.3 Å². The van der Waals surface area contributed by atoms with Crippen molar-refractivity contribution in [1.29, 1.82) is 0 Å². The summed E-state index contributed by atoms with van der Waals surface area (Å²) in [6, 6.07) is 6.17. The average Bonchev–Trinajstić information content (AvgIpc) is 2.60. The second-order valence-electron chi connectivity index (χ2n) is 4.39. The molecule has 1 heterocycles. The molecule has 0 radical (unpaired) electrons. The lowest BCUT2D eigenvalue weighted by Crippen LogP contribution is -2.39. The Morgan fingerprint density at radius 1 is 1.50 bits per heavy atom. The van der Waals surface area contributed by atoms with Crippen LogP contribution in [0.1, 0.15) is 20.3 Å². The third-order valence-electron chi connectivity index (χ3n) is 2.81. The van der Waals surface area contributed by atoms with Crippen molar-refractivity contribution in [2.45, 2.75) is 26.3 Å². The molecule has 0 aliphatic carbocycles. The van der Waals surface area contributed by atoms with E-state index in [9.17, 15) is 9.18 Å². The Morgan fingerprint density at radius 2 is 2.25 bits per heavy atom. The number of nitrogens with one attached hydrogen (secondary N) is 1. The molecule has 0 spiro atoms. The van der Waals surface area contributed by atoms with Gasteiger partial charge in [-0.2, -0.15) is 0 Å². The van der Waals surface area contributed by atoms with Crippen molar-refractivity contribution in [3.05, 3.63) is 30.1 Å². The van der Waals surface area contributed by atoms with Crippen molar-refractivity contribution in [2.75, 3.05) is 5.01 Å². The third kappa shape index (κ3) is 2.07. The van der Waals surface area contributed by atoms with Crippen LogP contribution >= 0.6 is 0 Å². The molecule has 4 heteroatoms. The number of hydrazine groups is 1. The van der Waals surface area contributed by atoms with Gasteiger partial charge in [0.15, 0.2) is 0 Å². The van der Waals surface area contributed by atoms with Gasteiger partial charge in [-0.15, -0.1) is 0 Å². The molecule has 1 amide bonds. The van der Waals surface area contributed by atoms with Gasteiger partial charge in [0.2, 0.25) is 5.91 Å². The first-order chi connectivity index (χ1) is 7.58. The molecular weight excluding hydrogens is 207 g/mol. The third-order valence-corrected chi connectivity index (χ3v) is 2.81. The van der Waals surface area contributed by atoms with Crippen molar-refractivity contribution in [3.63, 3.8) is 0 Å². The Kier molecular flexibility index (Phi) is 2.92. The maximum Gasteiger partial charge on any atom is 0.243 e. The number of amides is 1. The van der Waals surface area contributed by atoms with Gasteiger partial charge < -0.3 is 0 Å². The molecule has 1 fully saturated rings. The summed E-state index contributed by atoms with van der Waals surface area (Å²) in [5, 5.41) is 1.44. The highest BCUT2D eigenvalue weighted by Gasteiger charge is 2.31. The average molecular weight is 222 g/mol. The van der Waals surface area contributed by atoms with Crippen LogP contribution < -0.4 is 10.4 Å². The molecule has 86 valence electrons. The van der Waals surface area contributed by atoms with Gasteiger partial charge in [-0.25, -0.2) is 14.8 Å². The fourth-order valence-electron chi connectivity index (χ4n) is 1.78. The molecular formula is C12H15FN2O. The molecule has 1 aromatic carbocycles. The van der Waals surface area contributed by atoms with E-state index < -0.39 is 0 Å². The van der Waals surface area contributed by atoms with Crippen LogP contribution in [0.25, 0.3) is 0 Å². The second-order valence-corrected chi connectivity index (χ2v) is 4.39. The van der Waals surface area contributed by atoms with Gasteiger partial charge in [-0.1, -0.05) is 19.9 Å². The molecule has 0 bridgehead atoms. The van der Waals surface area contributed by atoms with Crippen molar-refractivity contribution < 1.29 is 9.18 Å². The maximum atomic E-state index is 13.0. The van der Waals surface area contributed by atoms with E-state index in [1.807, 2.05) is 0 Å². The Morgan fingerprint density at radius 3 is 2.81 bits per heavy atom. The van der Waals surface area contributed by atoms with E-state index in [1.54, 1.807) is 12.1 Å². The van der Waals surface area contributed by atoms with Crippen LogP contribution in [-0.2, 0) is 4.79 Å². The molecule has 0 saturated carbocycles. The molecule has 1 aliphatic heterocycles. The van der Waals surface area contributed by atoms with E-state index in [0.29, 0.717) is 18.0 Å². The molecule has 1 atom stereocenters. The molecule has 1 unspecified atom stereocenters. The smallest absolute Gasteiger partial charge is 0.243 e. The topological polar surface area (TPSA) is 32.3 Å². The monoisotopic (exact) mass is 222 g/mol. The minimum Gasteiger partial charge on any atom is -0.273 e. The van der Waals surface area contributed by atoms with Crippen molar-refractivity contribution >= 4 is 11.6 Å². The Labute approximate surface area is 94.2 Å². The summed E-state index contributed by atoms with van der Waals surface area (Å²) in [4.78, 5) is 11.7. The first-order valence-electron chi connectivity index (χ1n) is 5.42. The highest BCUT2D eigenvalue weighted by Crippen LogP contribution is 2.22. The van der Waals surface area contributed by atoms with Gasteiger partial charge in [0.25, 0.3) is 0 Å². The summed E-state index contributed by atoms with van der Waals surface area (Å²) >= 11 is 0. The van der Waals surface area contributed by atoms with Gasteiger partial charge in [0.05, 0.1) is 5.69 Å². The van der Waals surface area contributed by atoms with Crippen LogP contribution in [0.4, 0.5) is 10.1 Å². The zero-order valence-electron chi connectivity index (χ0n) is 9.40. The van der Waals surface area contributed by atoms with Crippen LogP contribution in [0.3, 0.4) is 0 Å². The molecule has 1 aromatic rings. The molecule has 3 nitrogen and oxygen atoms in total. The second kappa shape index (κ2) is 4.22. The van der Waals surface area contributed by atoms with Gasteiger partial charge in [-0.3, -0.25) is 4.79 Å². The highest BCUT2D eigenvalue weighted by atomic mass is 19.1. The Hall–Kier alpha value is -1.42. The number of hydrogen-bond acceptors (Lipinski definition) is 2. The molecule has 16 heavy (non-hydrogen) atoms. The number of halogens is 1. The minimum absolute atomic E-state index is 0.00991. The highest BCUT2D eigenvalue weighted by molar-refractivity contribution is 5.94. The first kappa shape index (κ1) is 11.1. The summed E-state index contributed by atoms with van der Waals surface area (Å²) < 4.78 is 13.0. The SMILES string of the molecule is CC(C)C1CC(=O)N(c2cccc(F)c2)N1. The summed E-state index contributed by atoms with van der Waals surface area (Å²) in [5.41, 5.74) is 3.66. The van der Waals surface area contributed by atoms with Gasteiger partial charge in [0, 0.05) is 12.5 Å². The van der Waals surface area contributed by atoms with Crippen LogP contribution in [0.2, 0.25) is 0 Å². The number of anilines is 1. The molecule has 1 saturated heterocycles. The van der Waals surface area contributed by atoms with Crippen LogP contribution in [0.5, 0.6) is 0 Å². The van der Waals surface area contributed by atoms with Gasteiger partial charge in [0.1, 0.15) is 5.82 Å². The molecule has 1 N–H and O–H groups in total. The zero-order valence-corrected chi connectivity index (χ0v) is 9.40. The molecule has 2 rings (SSSR count). The molecule has 1 aliphatic rings. The summed E-state index contributed by atoms with van der Waals surface area (Å²) in [5.74, 6) is 0.0342. The van der Waals surface area contributed by atoms with E-state index in [1.165, 1.54) is 17.1 Å². The zero-order chi connectivity index (χ0) is 11.7. The van der Waals surface area contributed by atoms with E-state index in [0.717, 1.165) is 0 Å². The van der Waals surface area contributed by atoms with Gasteiger partial charge >= 0.3 is 0 Å². The summed E-state index contributed by atoms with van der Waals surface area (Å²) in [6.45, 7) is 4.11. The standard InChI is InChI=1S/C12H15FN2O/c1-8(2)11-7-12(16)15(14-11)10-5-3-4-9(13)6-10/h3-6,8,11,14H,7H2,1-2H3. The predicted molar refractivity (Wildman–Crippen MR) is 60.3 cm³/mol.